The van der Waals surface area contributed by atoms with Crippen molar-refractivity contribution in [1.82, 2.24) is 10.2 Å². The number of rotatable bonds is 5. The average molecular weight is 443 g/mol. The third-order valence-corrected chi connectivity index (χ3v) is 3.38. The summed E-state index contributed by atoms with van der Waals surface area (Å²) in [5.74, 6) is -0.212. The Hall–Kier alpha value is -1.83. The summed E-state index contributed by atoms with van der Waals surface area (Å²) in [5, 5.41) is 12.5. The highest BCUT2D eigenvalue weighted by atomic mass is 127. The van der Waals surface area contributed by atoms with Gasteiger partial charge in [0.05, 0.1) is 6.54 Å². The molecule has 0 spiro atoms. The monoisotopic (exact) mass is 443 g/mol. The summed E-state index contributed by atoms with van der Waals surface area (Å²) in [6, 6.07) is 14.5. The largest absolute Gasteiger partial charge is 0.505 e. The van der Waals surface area contributed by atoms with Gasteiger partial charge in [-0.2, -0.15) is 0 Å². The van der Waals surface area contributed by atoms with E-state index in [9.17, 15) is 9.50 Å². The molecule has 0 saturated heterocycles. The lowest BCUT2D eigenvalue weighted by molar-refractivity contribution is 0.432. The molecule has 0 bridgehead atoms. The van der Waals surface area contributed by atoms with Crippen molar-refractivity contribution in [2.75, 3.05) is 13.6 Å². The Bertz CT molecular complexity index is 665. The van der Waals surface area contributed by atoms with E-state index in [0.717, 1.165) is 19.0 Å². The lowest BCUT2D eigenvalue weighted by Crippen LogP contribution is -2.38. The first kappa shape index (κ1) is 20.2. The van der Waals surface area contributed by atoms with Crippen molar-refractivity contribution < 1.29 is 9.50 Å². The zero-order valence-corrected chi connectivity index (χ0v) is 16.2. The number of halogens is 2. The average Bonchev–Trinajstić information content (AvgIpc) is 2.55. The van der Waals surface area contributed by atoms with Crippen molar-refractivity contribution in [3.63, 3.8) is 0 Å². The molecule has 0 aliphatic rings. The van der Waals surface area contributed by atoms with Crippen molar-refractivity contribution in [2.24, 2.45) is 4.99 Å². The Morgan fingerprint density at radius 3 is 2.50 bits per heavy atom. The molecule has 2 aromatic rings. The van der Waals surface area contributed by atoms with Crippen LogP contribution in [0.3, 0.4) is 0 Å². The summed E-state index contributed by atoms with van der Waals surface area (Å²) >= 11 is 0. The molecule has 0 saturated carbocycles. The number of phenolic OH excluding ortho intramolecular Hbond substituents is 1. The molecule has 24 heavy (non-hydrogen) atoms. The van der Waals surface area contributed by atoms with Gasteiger partial charge in [-0.15, -0.1) is 24.0 Å². The maximum absolute atomic E-state index is 13.4. The van der Waals surface area contributed by atoms with E-state index >= 15 is 0 Å². The predicted octanol–water partition coefficient (Wildman–Crippen LogP) is 3.75. The lowest BCUT2D eigenvalue weighted by atomic mass is 10.2. The van der Waals surface area contributed by atoms with Gasteiger partial charge in [0.1, 0.15) is 0 Å². The van der Waals surface area contributed by atoms with Crippen molar-refractivity contribution in [3.8, 4) is 5.75 Å². The van der Waals surface area contributed by atoms with Crippen LogP contribution >= 0.6 is 24.0 Å². The maximum atomic E-state index is 13.4. The first-order valence-corrected chi connectivity index (χ1v) is 7.61. The number of guanidine groups is 1. The number of nitrogens with zero attached hydrogens (tertiary/aromatic N) is 2. The Kier molecular flexibility index (Phi) is 8.53. The fourth-order valence-corrected chi connectivity index (χ4v) is 2.22. The van der Waals surface area contributed by atoms with Crippen molar-refractivity contribution in [1.29, 1.82) is 0 Å². The first-order valence-electron chi connectivity index (χ1n) is 7.61. The van der Waals surface area contributed by atoms with Gasteiger partial charge in [0.15, 0.2) is 17.5 Å². The van der Waals surface area contributed by atoms with Gasteiger partial charge in [-0.05, 0) is 30.2 Å². The summed E-state index contributed by atoms with van der Waals surface area (Å²) in [7, 11) is 1.96. The molecule has 0 unspecified atom stereocenters. The number of aromatic hydroxyl groups is 1. The van der Waals surface area contributed by atoms with Gasteiger partial charge in [0.2, 0.25) is 0 Å². The highest BCUT2D eigenvalue weighted by Gasteiger charge is 2.07. The van der Waals surface area contributed by atoms with Gasteiger partial charge >= 0.3 is 0 Å². The molecule has 0 fully saturated rings. The van der Waals surface area contributed by atoms with Crippen LogP contribution in [0.5, 0.6) is 5.75 Å². The summed E-state index contributed by atoms with van der Waals surface area (Å²) in [4.78, 5) is 6.56. The second-order valence-corrected chi connectivity index (χ2v) is 5.30. The Labute approximate surface area is 159 Å². The maximum Gasteiger partial charge on any atom is 0.194 e. The van der Waals surface area contributed by atoms with Crippen molar-refractivity contribution in [2.45, 2.75) is 20.0 Å². The molecule has 2 N–H and O–H groups in total. The van der Waals surface area contributed by atoms with Crippen LogP contribution in [0.2, 0.25) is 0 Å². The van der Waals surface area contributed by atoms with Gasteiger partial charge in [-0.25, -0.2) is 9.38 Å². The third-order valence-electron chi connectivity index (χ3n) is 3.38. The van der Waals surface area contributed by atoms with Gasteiger partial charge in [0, 0.05) is 20.1 Å². The van der Waals surface area contributed by atoms with Crippen LogP contribution in [0.4, 0.5) is 4.39 Å². The highest BCUT2D eigenvalue weighted by molar-refractivity contribution is 14.0. The molecule has 0 aliphatic carbocycles. The third kappa shape index (κ3) is 5.99. The molecule has 130 valence electrons. The van der Waals surface area contributed by atoms with E-state index in [-0.39, 0.29) is 29.7 Å². The number of nitrogens with one attached hydrogen (secondary N) is 1. The minimum Gasteiger partial charge on any atom is -0.505 e. The van der Waals surface area contributed by atoms with Gasteiger partial charge in [-0.1, -0.05) is 36.4 Å². The highest BCUT2D eigenvalue weighted by Crippen LogP contribution is 2.16. The molecule has 0 aliphatic heterocycles. The molecule has 0 radical (unpaired) electrons. The van der Waals surface area contributed by atoms with E-state index in [4.69, 9.17) is 0 Å². The van der Waals surface area contributed by atoms with Gasteiger partial charge in [0.25, 0.3) is 0 Å². The second kappa shape index (κ2) is 10.1. The minimum atomic E-state index is -0.625. The fraction of sp³-hybridized carbons (Fsp3) is 0.278. The van der Waals surface area contributed by atoms with Gasteiger partial charge in [-0.3, -0.25) is 0 Å². The van der Waals surface area contributed by atoms with E-state index in [1.807, 2.05) is 37.1 Å². The summed E-state index contributed by atoms with van der Waals surface area (Å²) < 4.78 is 13.4. The molecular formula is C18H23FIN3O. The van der Waals surface area contributed by atoms with Crippen LogP contribution < -0.4 is 5.32 Å². The standard InChI is InChI=1S/C18H22FN3O.HI/c1-3-20-18(22(2)13-14-7-5-4-6-8-14)21-12-15-9-10-17(23)16(19)11-15;/h4-11,23H,3,12-13H2,1-2H3,(H,20,21);1H. The number of phenols is 1. The number of hydrogen-bond acceptors (Lipinski definition) is 2. The molecule has 2 rings (SSSR count). The SMILES string of the molecule is CCNC(=NCc1ccc(O)c(F)c1)N(C)Cc1ccccc1.I. The topological polar surface area (TPSA) is 47.9 Å². The molecule has 2 aromatic carbocycles. The van der Waals surface area contributed by atoms with E-state index in [2.05, 4.69) is 22.4 Å². The van der Waals surface area contributed by atoms with Crippen molar-refractivity contribution >= 4 is 29.9 Å². The van der Waals surface area contributed by atoms with E-state index in [1.54, 1.807) is 6.07 Å². The number of aliphatic imine (C=N–C) groups is 1. The Balaban J connectivity index is 0.00000288. The summed E-state index contributed by atoms with van der Waals surface area (Å²) in [6.45, 7) is 3.84. The Morgan fingerprint density at radius 1 is 1.17 bits per heavy atom. The second-order valence-electron chi connectivity index (χ2n) is 5.30. The van der Waals surface area contributed by atoms with Crippen LogP contribution in [-0.4, -0.2) is 29.6 Å². The van der Waals surface area contributed by atoms with Crippen LogP contribution in [0.15, 0.2) is 53.5 Å². The molecule has 0 heterocycles. The van der Waals surface area contributed by atoms with Crippen molar-refractivity contribution in [3.05, 3.63) is 65.5 Å². The smallest absolute Gasteiger partial charge is 0.194 e. The van der Waals surface area contributed by atoms with E-state index < -0.39 is 5.82 Å². The predicted molar refractivity (Wildman–Crippen MR) is 106 cm³/mol. The summed E-state index contributed by atoms with van der Waals surface area (Å²) in [6.07, 6.45) is 0. The number of hydrogen-bond donors (Lipinski definition) is 2. The van der Waals surface area contributed by atoms with Crippen LogP contribution in [0.1, 0.15) is 18.1 Å². The van der Waals surface area contributed by atoms with Crippen LogP contribution in [0.25, 0.3) is 0 Å². The molecule has 0 amide bonds. The van der Waals surface area contributed by atoms with E-state index in [1.165, 1.54) is 17.7 Å². The normalized spacial score (nSPS) is 10.9. The van der Waals surface area contributed by atoms with Crippen LogP contribution in [-0.2, 0) is 13.1 Å². The summed E-state index contributed by atoms with van der Waals surface area (Å²) in [5.41, 5.74) is 1.90. The molecule has 4 nitrogen and oxygen atoms in total. The zero-order chi connectivity index (χ0) is 16.7. The molecule has 0 atom stereocenters. The number of benzene rings is 2. The molecule has 0 aromatic heterocycles. The lowest BCUT2D eigenvalue weighted by Gasteiger charge is -2.22. The fourth-order valence-electron chi connectivity index (χ4n) is 2.22. The Morgan fingerprint density at radius 2 is 1.88 bits per heavy atom. The minimum absolute atomic E-state index is 0. The van der Waals surface area contributed by atoms with E-state index in [0.29, 0.717) is 12.1 Å². The quantitative estimate of drug-likeness (QED) is 0.421. The zero-order valence-electron chi connectivity index (χ0n) is 13.9. The molecular weight excluding hydrogens is 420 g/mol. The molecule has 6 heteroatoms. The first-order chi connectivity index (χ1) is 11.1. The van der Waals surface area contributed by atoms with Crippen LogP contribution in [0, 0.1) is 5.82 Å². The van der Waals surface area contributed by atoms with Gasteiger partial charge < -0.3 is 15.3 Å².